The second-order valence-electron chi connectivity index (χ2n) is 10.3. The fraction of sp³-hybridized carbons (Fsp3) is 0.0789. The van der Waals surface area contributed by atoms with Crippen LogP contribution in [0.25, 0.3) is 21.6 Å². The number of carbonyl (C=O) groups excluding carboxylic acids is 1. The molecule has 1 heterocycles. The van der Waals surface area contributed by atoms with Crippen LogP contribution in [0.5, 0.6) is 0 Å². The first-order valence-electron chi connectivity index (χ1n) is 13.8. The van der Waals surface area contributed by atoms with Crippen molar-refractivity contribution < 1.29 is 8.98 Å². The number of carbonyl (C=O) groups is 1. The van der Waals surface area contributed by atoms with Gasteiger partial charge in [-0.15, -0.1) is 0 Å². The Morgan fingerprint density at radius 1 is 0.537 bits per heavy atom. The van der Waals surface area contributed by atoms with Crippen LogP contribution in [0.4, 0.5) is 0 Å². The van der Waals surface area contributed by atoms with E-state index in [9.17, 15) is 4.79 Å². The molecule has 5 aromatic carbocycles. The van der Waals surface area contributed by atoms with E-state index in [4.69, 9.17) is 4.18 Å². The summed E-state index contributed by atoms with van der Waals surface area (Å²) in [6.07, 6.45) is 2.15. The van der Waals surface area contributed by atoms with Crippen LogP contribution in [0.15, 0.2) is 146 Å². The Morgan fingerprint density at radius 3 is 1.46 bits per heavy atom. The molecule has 202 valence electrons. The van der Waals surface area contributed by atoms with Crippen LogP contribution < -0.4 is 0 Å². The summed E-state index contributed by atoms with van der Waals surface area (Å²) >= 11 is 0. The fourth-order valence-corrected chi connectivity index (χ4v) is 8.78. The van der Waals surface area contributed by atoms with Crippen molar-refractivity contribution in [2.75, 3.05) is 6.26 Å². The molecule has 1 atom stereocenters. The van der Waals surface area contributed by atoms with Crippen LogP contribution in [0.2, 0.25) is 0 Å². The predicted octanol–water partition coefficient (Wildman–Crippen LogP) is 9.64. The zero-order valence-corrected chi connectivity index (χ0v) is 24.1. The minimum Gasteiger partial charge on any atom is -0.411 e. The first-order chi connectivity index (χ1) is 20.0. The molecule has 41 heavy (non-hydrogen) atoms. The van der Waals surface area contributed by atoms with Gasteiger partial charge in [-0.05, 0) is 44.5 Å². The molecule has 0 N–H and O–H groups in total. The molecule has 6 rings (SSSR count). The number of hydrogen-bond donors (Lipinski definition) is 0. The Morgan fingerprint density at radius 2 is 0.951 bits per heavy atom. The van der Waals surface area contributed by atoms with Crippen molar-refractivity contribution in [2.24, 2.45) is 0 Å². The zero-order chi connectivity index (χ0) is 28.2. The average molecular weight is 553 g/mol. The molecule has 0 saturated carbocycles. The molecule has 0 saturated heterocycles. The maximum absolute atomic E-state index is 12.8. The van der Waals surface area contributed by atoms with Gasteiger partial charge in [0.1, 0.15) is 0 Å². The third-order valence-electron chi connectivity index (χ3n) is 7.40. The summed E-state index contributed by atoms with van der Waals surface area (Å²) in [6, 6.07) is 50.9. The minimum atomic E-state index is -2.15. The molecule has 0 spiro atoms. The number of benzene rings is 5. The van der Waals surface area contributed by atoms with Crippen LogP contribution in [-0.2, 0) is 14.7 Å². The molecule has 1 aliphatic heterocycles. The van der Waals surface area contributed by atoms with E-state index in [0.29, 0.717) is 5.75 Å². The van der Waals surface area contributed by atoms with E-state index in [1.54, 1.807) is 0 Å². The van der Waals surface area contributed by atoms with E-state index in [-0.39, 0.29) is 5.97 Å². The van der Waals surface area contributed by atoms with Crippen LogP contribution in [-0.4, -0.2) is 12.2 Å². The van der Waals surface area contributed by atoms with Gasteiger partial charge in [0.2, 0.25) is 0 Å². The third kappa shape index (κ3) is 5.29. The Balaban J connectivity index is 1.90. The predicted molar refractivity (Wildman–Crippen MR) is 174 cm³/mol. The minimum absolute atomic E-state index is 0.269. The molecular weight excluding hydrogens is 520 g/mol. The highest BCUT2D eigenvalue weighted by atomic mass is 32.3. The van der Waals surface area contributed by atoms with E-state index in [2.05, 4.69) is 140 Å². The Bertz CT molecular complexity index is 1740. The number of fused-ring (bicyclic) bond motifs is 1. The van der Waals surface area contributed by atoms with Crippen molar-refractivity contribution in [2.45, 2.75) is 12.7 Å². The number of rotatable bonds is 5. The summed E-state index contributed by atoms with van der Waals surface area (Å²) in [5.74, 6) is 0.344. The van der Waals surface area contributed by atoms with Crippen LogP contribution in [0.1, 0.15) is 40.3 Å². The number of allylic oxidation sites excluding steroid dienone is 2. The highest BCUT2D eigenvalue weighted by molar-refractivity contribution is 8.36. The lowest BCUT2D eigenvalue weighted by Gasteiger charge is -2.41. The van der Waals surface area contributed by atoms with Crippen molar-refractivity contribution in [3.8, 4) is 0 Å². The monoisotopic (exact) mass is 552 g/mol. The summed E-state index contributed by atoms with van der Waals surface area (Å²) in [5, 5.41) is 0. The summed E-state index contributed by atoms with van der Waals surface area (Å²) in [4.78, 5) is 13.9. The Hall–Kier alpha value is -4.60. The molecule has 5 aromatic rings. The van der Waals surface area contributed by atoms with Crippen LogP contribution in [0.3, 0.4) is 0 Å². The van der Waals surface area contributed by atoms with Crippen LogP contribution in [0, 0.1) is 0 Å². The smallest absolute Gasteiger partial charge is 0.313 e. The van der Waals surface area contributed by atoms with Crippen molar-refractivity contribution in [1.82, 2.24) is 0 Å². The number of hydrogen-bond acceptors (Lipinski definition) is 2. The van der Waals surface area contributed by atoms with Crippen LogP contribution >= 0.6 is 10.3 Å². The van der Waals surface area contributed by atoms with E-state index >= 15 is 0 Å². The van der Waals surface area contributed by atoms with E-state index in [1.807, 2.05) is 12.1 Å². The standard InChI is InChI=1S/C38H32O2S/c1-28(39)40-41(2)27-33-25-15-16-26-34(33)35(29-17-7-3-8-18-29)36(30-19-9-4-10-20-30)37(31-21-11-5-12-22-31)38(41)32-23-13-6-14-24-32/h3-26H,27H2,1-2H3/b36-35-,38-37-. The van der Waals surface area contributed by atoms with E-state index < -0.39 is 10.3 Å². The quantitative estimate of drug-likeness (QED) is 0.217. The first kappa shape index (κ1) is 26.6. The van der Waals surface area contributed by atoms with Gasteiger partial charge < -0.3 is 4.18 Å². The lowest BCUT2D eigenvalue weighted by atomic mass is 9.81. The lowest BCUT2D eigenvalue weighted by Crippen LogP contribution is -2.17. The maximum Gasteiger partial charge on any atom is 0.313 e. The summed E-state index contributed by atoms with van der Waals surface area (Å²) in [5.41, 5.74) is 10.1. The molecule has 0 aromatic heterocycles. The topological polar surface area (TPSA) is 26.3 Å². The van der Waals surface area contributed by atoms with Gasteiger partial charge in [-0.2, -0.15) is 0 Å². The van der Waals surface area contributed by atoms with Crippen molar-refractivity contribution in [3.05, 3.63) is 179 Å². The van der Waals surface area contributed by atoms with E-state index in [1.165, 1.54) is 18.1 Å². The van der Waals surface area contributed by atoms with Gasteiger partial charge in [0, 0.05) is 29.4 Å². The molecule has 3 heteroatoms. The Kier molecular flexibility index (Phi) is 7.45. The maximum atomic E-state index is 12.8. The van der Waals surface area contributed by atoms with Gasteiger partial charge in [0.05, 0.1) is 0 Å². The molecule has 0 bridgehead atoms. The summed E-state index contributed by atoms with van der Waals surface area (Å²) in [6.45, 7) is 1.52. The van der Waals surface area contributed by atoms with Crippen molar-refractivity contribution in [1.29, 1.82) is 0 Å². The second-order valence-corrected chi connectivity index (χ2v) is 13.2. The van der Waals surface area contributed by atoms with Gasteiger partial charge in [0.15, 0.2) is 0 Å². The Labute approximate surface area is 244 Å². The normalized spacial score (nSPS) is 22.0. The molecule has 0 fully saturated rings. The van der Waals surface area contributed by atoms with Gasteiger partial charge in [-0.3, -0.25) is 4.79 Å². The fourth-order valence-electron chi connectivity index (χ4n) is 5.84. The molecular formula is C38H32O2S. The molecule has 1 unspecified atom stereocenters. The molecule has 0 amide bonds. The van der Waals surface area contributed by atoms with Crippen molar-refractivity contribution >= 4 is 37.9 Å². The van der Waals surface area contributed by atoms with Crippen molar-refractivity contribution in [3.63, 3.8) is 0 Å². The SMILES string of the molecule is CC(=O)OS1(C)Cc2ccccc2/C(c2ccccc2)=C(c2ccccc2)\C(c2ccccc2)=C/1c1ccccc1. The van der Waals surface area contributed by atoms with Gasteiger partial charge in [-0.25, -0.2) is 0 Å². The summed E-state index contributed by atoms with van der Waals surface area (Å²) < 4.78 is 6.48. The first-order valence-corrected chi connectivity index (χ1v) is 15.9. The zero-order valence-electron chi connectivity index (χ0n) is 23.3. The molecule has 0 aliphatic carbocycles. The highest BCUT2D eigenvalue weighted by Crippen LogP contribution is 2.66. The lowest BCUT2D eigenvalue weighted by molar-refractivity contribution is -0.130. The average Bonchev–Trinajstić information content (AvgIpc) is 3.00. The second kappa shape index (κ2) is 11.5. The third-order valence-corrected chi connectivity index (χ3v) is 10.2. The summed E-state index contributed by atoms with van der Waals surface area (Å²) in [7, 11) is -2.15. The van der Waals surface area contributed by atoms with E-state index in [0.717, 1.165) is 43.9 Å². The van der Waals surface area contributed by atoms with Gasteiger partial charge in [-0.1, -0.05) is 156 Å². The van der Waals surface area contributed by atoms with Gasteiger partial charge >= 0.3 is 5.97 Å². The molecule has 2 nitrogen and oxygen atoms in total. The molecule has 1 aliphatic rings. The largest absolute Gasteiger partial charge is 0.411 e. The molecule has 0 radical (unpaired) electrons. The van der Waals surface area contributed by atoms with Gasteiger partial charge in [0.25, 0.3) is 0 Å². The highest BCUT2D eigenvalue weighted by Gasteiger charge is 2.37.